The minimum absolute atomic E-state index is 0.327. The molecule has 0 aliphatic carbocycles. The van der Waals surface area contributed by atoms with Crippen LogP contribution in [0, 0.1) is 0 Å². The molecule has 0 radical (unpaired) electrons. The molecule has 1 fully saturated rings. The number of hydrogen-bond acceptors (Lipinski definition) is 5. The number of hydrogen-bond donors (Lipinski definition) is 1. The van der Waals surface area contributed by atoms with Crippen LogP contribution in [-0.4, -0.2) is 69.0 Å². The first-order valence-corrected chi connectivity index (χ1v) is 7.53. The average Bonchev–Trinajstić information content (AvgIpc) is 2.39. The van der Waals surface area contributed by atoms with Crippen LogP contribution >= 0.6 is 11.8 Å². The minimum Gasteiger partial charge on any atom is -0.382 e. The molecule has 1 aliphatic rings. The van der Waals surface area contributed by atoms with Gasteiger partial charge in [0.2, 0.25) is 0 Å². The van der Waals surface area contributed by atoms with Gasteiger partial charge in [-0.3, -0.25) is 0 Å². The quantitative estimate of drug-likeness (QED) is 0.656. The Balaban J connectivity index is 2.10. The van der Waals surface area contributed by atoms with E-state index in [1.54, 1.807) is 7.11 Å². The molecule has 5 heteroatoms. The molecule has 1 aliphatic heterocycles. The van der Waals surface area contributed by atoms with E-state index in [4.69, 9.17) is 15.2 Å². The van der Waals surface area contributed by atoms with Crippen molar-refractivity contribution in [2.45, 2.75) is 17.6 Å². The SMILES string of the molecule is COCCOCCN1CCC(CN)(SC)CC1. The Kier molecular flexibility index (Phi) is 7.46. The maximum atomic E-state index is 5.87. The minimum atomic E-state index is 0.327. The normalized spacial score (nSPS) is 20.6. The van der Waals surface area contributed by atoms with Gasteiger partial charge in [-0.1, -0.05) is 0 Å². The maximum Gasteiger partial charge on any atom is 0.0700 e. The molecular formula is C12H26N2O2S. The highest BCUT2D eigenvalue weighted by Crippen LogP contribution is 2.33. The van der Waals surface area contributed by atoms with E-state index in [2.05, 4.69) is 11.2 Å². The molecule has 17 heavy (non-hydrogen) atoms. The van der Waals surface area contributed by atoms with Gasteiger partial charge in [0.05, 0.1) is 19.8 Å². The van der Waals surface area contributed by atoms with Crippen LogP contribution in [0.5, 0.6) is 0 Å². The molecule has 0 aromatic carbocycles. The first-order valence-electron chi connectivity index (χ1n) is 6.30. The average molecular weight is 262 g/mol. The number of nitrogens with two attached hydrogens (primary N) is 1. The summed E-state index contributed by atoms with van der Waals surface area (Å²) in [4.78, 5) is 2.47. The van der Waals surface area contributed by atoms with E-state index < -0.39 is 0 Å². The smallest absolute Gasteiger partial charge is 0.0700 e. The number of piperidine rings is 1. The Morgan fingerprint density at radius 2 is 1.94 bits per heavy atom. The number of rotatable bonds is 8. The van der Waals surface area contributed by atoms with Crippen molar-refractivity contribution in [1.82, 2.24) is 4.90 Å². The zero-order valence-electron chi connectivity index (χ0n) is 11.1. The van der Waals surface area contributed by atoms with Crippen molar-refractivity contribution in [3.8, 4) is 0 Å². The van der Waals surface area contributed by atoms with Crippen LogP contribution < -0.4 is 5.73 Å². The predicted molar refractivity (Wildman–Crippen MR) is 73.7 cm³/mol. The first kappa shape index (κ1) is 15.2. The van der Waals surface area contributed by atoms with Gasteiger partial charge in [-0.15, -0.1) is 0 Å². The molecule has 0 aromatic rings. The van der Waals surface area contributed by atoms with Crippen LogP contribution in [0.1, 0.15) is 12.8 Å². The first-order chi connectivity index (χ1) is 8.26. The van der Waals surface area contributed by atoms with Crippen LogP contribution in [0.25, 0.3) is 0 Å². The Bertz CT molecular complexity index is 191. The predicted octanol–water partition coefficient (Wildman–Crippen LogP) is 0.806. The van der Waals surface area contributed by atoms with E-state index >= 15 is 0 Å². The van der Waals surface area contributed by atoms with Gasteiger partial charge in [-0.2, -0.15) is 11.8 Å². The summed E-state index contributed by atoms with van der Waals surface area (Å²) in [6.07, 6.45) is 4.57. The lowest BCUT2D eigenvalue weighted by Gasteiger charge is -2.40. The second-order valence-electron chi connectivity index (χ2n) is 4.54. The Morgan fingerprint density at radius 1 is 1.24 bits per heavy atom. The van der Waals surface area contributed by atoms with Crippen LogP contribution in [0.15, 0.2) is 0 Å². The summed E-state index contributed by atoms with van der Waals surface area (Å²) in [7, 11) is 1.70. The molecule has 2 N–H and O–H groups in total. The molecular weight excluding hydrogens is 236 g/mol. The molecule has 1 rings (SSSR count). The summed E-state index contributed by atoms with van der Waals surface area (Å²) >= 11 is 1.93. The van der Waals surface area contributed by atoms with Crippen LogP contribution in [0.3, 0.4) is 0 Å². The summed E-state index contributed by atoms with van der Waals surface area (Å²) < 4.78 is 10.7. The molecule has 1 heterocycles. The summed E-state index contributed by atoms with van der Waals surface area (Å²) in [5.74, 6) is 0. The summed E-state index contributed by atoms with van der Waals surface area (Å²) in [6, 6.07) is 0. The Labute approximate surface area is 109 Å². The van der Waals surface area contributed by atoms with Gasteiger partial charge in [-0.25, -0.2) is 0 Å². The van der Waals surface area contributed by atoms with Crippen molar-refractivity contribution in [1.29, 1.82) is 0 Å². The van der Waals surface area contributed by atoms with Gasteiger partial charge >= 0.3 is 0 Å². The molecule has 0 spiro atoms. The standard InChI is InChI=1S/C12H26N2O2S/c1-15-9-10-16-8-7-14-5-3-12(11-13,17-2)4-6-14/h3-11,13H2,1-2H3. The highest BCUT2D eigenvalue weighted by molar-refractivity contribution is 8.00. The van der Waals surface area contributed by atoms with E-state index in [1.807, 2.05) is 11.8 Å². The number of methoxy groups -OCH3 is 1. The maximum absolute atomic E-state index is 5.87. The lowest BCUT2D eigenvalue weighted by atomic mass is 9.96. The monoisotopic (exact) mass is 262 g/mol. The molecule has 0 saturated carbocycles. The lowest BCUT2D eigenvalue weighted by molar-refractivity contribution is 0.0526. The Hall–Kier alpha value is 0.190. The second kappa shape index (κ2) is 8.32. The van der Waals surface area contributed by atoms with Gasteiger partial charge in [0.25, 0.3) is 0 Å². The molecule has 0 aromatic heterocycles. The van der Waals surface area contributed by atoms with E-state index in [0.717, 1.165) is 32.8 Å². The molecule has 0 unspecified atom stereocenters. The molecule has 0 atom stereocenters. The highest BCUT2D eigenvalue weighted by atomic mass is 32.2. The van der Waals surface area contributed by atoms with Crippen LogP contribution in [-0.2, 0) is 9.47 Å². The van der Waals surface area contributed by atoms with E-state index in [-0.39, 0.29) is 0 Å². The number of likely N-dealkylation sites (tertiary alicyclic amines) is 1. The highest BCUT2D eigenvalue weighted by Gasteiger charge is 2.32. The number of thioether (sulfide) groups is 1. The van der Waals surface area contributed by atoms with Crippen molar-refractivity contribution in [2.75, 3.05) is 59.4 Å². The van der Waals surface area contributed by atoms with Crippen LogP contribution in [0.4, 0.5) is 0 Å². The summed E-state index contributed by atoms with van der Waals surface area (Å²) in [6.45, 7) is 6.30. The number of nitrogens with zero attached hydrogens (tertiary/aromatic N) is 1. The summed E-state index contributed by atoms with van der Waals surface area (Å²) in [5, 5.41) is 0. The fourth-order valence-corrected chi connectivity index (χ4v) is 2.87. The fraction of sp³-hybridized carbons (Fsp3) is 1.00. The Morgan fingerprint density at radius 3 is 2.47 bits per heavy atom. The zero-order valence-corrected chi connectivity index (χ0v) is 11.9. The van der Waals surface area contributed by atoms with Gasteiger partial charge in [0, 0.05) is 24.9 Å². The second-order valence-corrected chi connectivity index (χ2v) is 5.81. The van der Waals surface area contributed by atoms with E-state index in [0.29, 0.717) is 18.0 Å². The van der Waals surface area contributed by atoms with Crippen molar-refractivity contribution in [2.24, 2.45) is 5.73 Å². The van der Waals surface area contributed by atoms with Crippen molar-refractivity contribution >= 4 is 11.8 Å². The summed E-state index contributed by atoms with van der Waals surface area (Å²) in [5.41, 5.74) is 5.87. The lowest BCUT2D eigenvalue weighted by Crippen LogP contribution is -2.47. The molecule has 1 saturated heterocycles. The van der Waals surface area contributed by atoms with Gasteiger partial charge < -0.3 is 20.1 Å². The number of ether oxygens (including phenoxy) is 2. The molecule has 102 valence electrons. The zero-order chi connectivity index (χ0) is 12.6. The van der Waals surface area contributed by atoms with Gasteiger partial charge in [0.15, 0.2) is 0 Å². The van der Waals surface area contributed by atoms with E-state index in [1.165, 1.54) is 12.8 Å². The largest absolute Gasteiger partial charge is 0.382 e. The van der Waals surface area contributed by atoms with Crippen molar-refractivity contribution in [3.05, 3.63) is 0 Å². The third-order valence-electron chi connectivity index (χ3n) is 3.56. The molecule has 4 nitrogen and oxygen atoms in total. The van der Waals surface area contributed by atoms with Gasteiger partial charge in [-0.05, 0) is 32.2 Å². The van der Waals surface area contributed by atoms with Crippen molar-refractivity contribution in [3.63, 3.8) is 0 Å². The molecule has 0 amide bonds. The fourth-order valence-electron chi connectivity index (χ4n) is 2.11. The van der Waals surface area contributed by atoms with E-state index in [9.17, 15) is 0 Å². The third-order valence-corrected chi connectivity index (χ3v) is 5.00. The molecule has 0 bridgehead atoms. The van der Waals surface area contributed by atoms with Gasteiger partial charge in [0.1, 0.15) is 0 Å². The third kappa shape index (κ3) is 5.14. The topological polar surface area (TPSA) is 47.7 Å². The van der Waals surface area contributed by atoms with Crippen molar-refractivity contribution < 1.29 is 9.47 Å². The van der Waals surface area contributed by atoms with Crippen LogP contribution in [0.2, 0.25) is 0 Å².